The van der Waals surface area contributed by atoms with Gasteiger partial charge in [-0.2, -0.15) is 0 Å². The highest BCUT2D eigenvalue weighted by Crippen LogP contribution is 1.98. The van der Waals surface area contributed by atoms with E-state index >= 15 is 0 Å². The molecule has 0 bridgehead atoms. The summed E-state index contributed by atoms with van der Waals surface area (Å²) in [7, 11) is -3.36. The van der Waals surface area contributed by atoms with Crippen molar-refractivity contribution >= 4 is 10.0 Å². The molecule has 0 aliphatic heterocycles. The Morgan fingerprint density at radius 2 is 2.20 bits per heavy atom. The summed E-state index contributed by atoms with van der Waals surface area (Å²) in [5.41, 5.74) is 1.98. The molecule has 0 aliphatic rings. The van der Waals surface area contributed by atoms with Gasteiger partial charge in [0.15, 0.2) is 0 Å². The van der Waals surface area contributed by atoms with Gasteiger partial charge in [0.1, 0.15) is 0 Å². The second-order valence-corrected chi connectivity index (χ2v) is 5.09. The molecule has 1 heterocycles. The fourth-order valence-electron chi connectivity index (χ4n) is 1.05. The molecule has 0 fully saturated rings. The van der Waals surface area contributed by atoms with Crippen LogP contribution in [0.4, 0.5) is 0 Å². The van der Waals surface area contributed by atoms with E-state index < -0.39 is 10.0 Å². The van der Waals surface area contributed by atoms with Gasteiger partial charge in [0.2, 0.25) is 10.0 Å². The number of rotatable bonds is 5. The van der Waals surface area contributed by atoms with Gasteiger partial charge in [-0.25, -0.2) is 13.6 Å². The third-order valence-electron chi connectivity index (χ3n) is 1.87. The quantitative estimate of drug-likeness (QED) is 0.683. The van der Waals surface area contributed by atoms with Crippen molar-refractivity contribution in [1.82, 2.24) is 10.3 Å². The van der Waals surface area contributed by atoms with Crippen molar-refractivity contribution in [3.05, 3.63) is 29.6 Å². The predicted molar refractivity (Wildman–Crippen MR) is 58.7 cm³/mol. The van der Waals surface area contributed by atoms with Gasteiger partial charge in [0.05, 0.1) is 5.75 Å². The molecule has 3 N–H and O–H groups in total. The minimum atomic E-state index is -3.36. The first-order valence-electron chi connectivity index (χ1n) is 4.60. The van der Waals surface area contributed by atoms with E-state index in [9.17, 15) is 8.42 Å². The topological polar surface area (TPSA) is 85.1 Å². The van der Waals surface area contributed by atoms with Crippen LogP contribution in [-0.4, -0.2) is 25.7 Å². The zero-order valence-electron chi connectivity index (χ0n) is 8.60. The molecule has 0 radical (unpaired) electrons. The van der Waals surface area contributed by atoms with Gasteiger partial charge in [-0.05, 0) is 18.6 Å². The van der Waals surface area contributed by atoms with Crippen molar-refractivity contribution in [2.75, 3.05) is 12.3 Å². The zero-order valence-corrected chi connectivity index (χ0v) is 9.42. The zero-order chi connectivity index (χ0) is 11.3. The van der Waals surface area contributed by atoms with Gasteiger partial charge in [0.25, 0.3) is 0 Å². The maximum absolute atomic E-state index is 10.6. The van der Waals surface area contributed by atoms with E-state index in [0.717, 1.165) is 11.3 Å². The highest BCUT2D eigenvalue weighted by atomic mass is 32.2. The first-order valence-corrected chi connectivity index (χ1v) is 6.31. The Labute approximate surface area is 89.8 Å². The van der Waals surface area contributed by atoms with E-state index in [-0.39, 0.29) is 5.75 Å². The average Bonchev–Trinajstić information content (AvgIpc) is 2.14. The van der Waals surface area contributed by atoms with E-state index in [2.05, 4.69) is 10.3 Å². The molecule has 5 nitrogen and oxygen atoms in total. The summed E-state index contributed by atoms with van der Waals surface area (Å²) in [4.78, 5) is 4.12. The first-order chi connectivity index (χ1) is 6.97. The molecule has 0 spiro atoms. The van der Waals surface area contributed by atoms with E-state index in [0.29, 0.717) is 13.1 Å². The summed E-state index contributed by atoms with van der Waals surface area (Å²) in [5, 5.41) is 7.83. The Bertz CT molecular complexity index is 400. The first kappa shape index (κ1) is 12.1. The van der Waals surface area contributed by atoms with Gasteiger partial charge in [-0.1, -0.05) is 6.07 Å². The standard InChI is InChI=1S/C9H15N3O2S/c1-8-2-3-9(7-12-8)6-11-4-5-15(10,13)14/h2-3,7,11H,4-6H2,1H3,(H2,10,13,14). The number of nitrogens with zero attached hydrogens (tertiary/aromatic N) is 1. The molecule has 6 heteroatoms. The average molecular weight is 229 g/mol. The van der Waals surface area contributed by atoms with Crippen LogP contribution in [0.3, 0.4) is 0 Å². The van der Waals surface area contributed by atoms with Crippen LogP contribution in [0.15, 0.2) is 18.3 Å². The number of sulfonamides is 1. The fourth-order valence-corrected chi connectivity index (χ4v) is 1.48. The van der Waals surface area contributed by atoms with Crippen LogP contribution in [0.5, 0.6) is 0 Å². The lowest BCUT2D eigenvalue weighted by Gasteiger charge is -2.03. The summed E-state index contributed by atoms with van der Waals surface area (Å²) in [6.45, 7) is 2.87. The lowest BCUT2D eigenvalue weighted by atomic mass is 10.2. The van der Waals surface area contributed by atoms with Crippen LogP contribution in [0.2, 0.25) is 0 Å². The van der Waals surface area contributed by atoms with E-state index in [4.69, 9.17) is 5.14 Å². The van der Waals surface area contributed by atoms with Crippen molar-refractivity contribution in [2.24, 2.45) is 5.14 Å². The molecule has 0 atom stereocenters. The Balaban J connectivity index is 2.29. The lowest BCUT2D eigenvalue weighted by molar-refractivity contribution is 0.592. The van der Waals surface area contributed by atoms with Gasteiger partial charge in [-0.15, -0.1) is 0 Å². The summed E-state index contributed by atoms with van der Waals surface area (Å²) >= 11 is 0. The summed E-state index contributed by atoms with van der Waals surface area (Å²) in [5.74, 6) is -0.0493. The molecule has 0 amide bonds. The SMILES string of the molecule is Cc1ccc(CNCCS(N)(=O)=O)cn1. The Morgan fingerprint density at radius 3 is 2.73 bits per heavy atom. The molecule has 1 aromatic rings. The molecule has 0 unspecified atom stereocenters. The van der Waals surface area contributed by atoms with E-state index in [1.165, 1.54) is 0 Å². The lowest BCUT2D eigenvalue weighted by Crippen LogP contribution is -2.26. The van der Waals surface area contributed by atoms with Gasteiger partial charge in [-0.3, -0.25) is 4.98 Å². The molecule has 1 rings (SSSR count). The number of primary sulfonamides is 1. The van der Waals surface area contributed by atoms with Crippen molar-refractivity contribution in [2.45, 2.75) is 13.5 Å². The minimum absolute atomic E-state index is 0.0493. The molecular formula is C9H15N3O2S. The minimum Gasteiger partial charge on any atom is -0.312 e. The van der Waals surface area contributed by atoms with Crippen molar-refractivity contribution in [3.8, 4) is 0 Å². The maximum Gasteiger partial charge on any atom is 0.210 e. The number of aryl methyl sites for hydroxylation is 1. The van der Waals surface area contributed by atoms with Crippen LogP contribution in [0.1, 0.15) is 11.3 Å². The van der Waals surface area contributed by atoms with Gasteiger partial charge < -0.3 is 5.32 Å². The highest BCUT2D eigenvalue weighted by Gasteiger charge is 2.01. The van der Waals surface area contributed by atoms with Crippen LogP contribution >= 0.6 is 0 Å². The summed E-state index contributed by atoms with van der Waals surface area (Å²) in [6, 6.07) is 3.86. The molecule has 0 saturated carbocycles. The largest absolute Gasteiger partial charge is 0.312 e. The second kappa shape index (κ2) is 5.20. The summed E-state index contributed by atoms with van der Waals surface area (Å²) < 4.78 is 21.2. The third-order valence-corrected chi connectivity index (χ3v) is 2.64. The van der Waals surface area contributed by atoms with Crippen molar-refractivity contribution in [1.29, 1.82) is 0 Å². The number of pyridine rings is 1. The molecule has 15 heavy (non-hydrogen) atoms. The Morgan fingerprint density at radius 1 is 1.47 bits per heavy atom. The predicted octanol–water partition coefficient (Wildman–Crippen LogP) is -0.232. The third kappa shape index (κ3) is 5.46. The van der Waals surface area contributed by atoms with Gasteiger partial charge in [0, 0.05) is 25.0 Å². The van der Waals surface area contributed by atoms with Crippen LogP contribution in [0.25, 0.3) is 0 Å². The number of aromatic nitrogens is 1. The Hall–Kier alpha value is -0.980. The second-order valence-electron chi connectivity index (χ2n) is 3.35. The van der Waals surface area contributed by atoms with Crippen molar-refractivity contribution in [3.63, 3.8) is 0 Å². The molecule has 1 aromatic heterocycles. The van der Waals surface area contributed by atoms with E-state index in [1.54, 1.807) is 6.20 Å². The number of hydrogen-bond acceptors (Lipinski definition) is 4. The molecule has 0 saturated heterocycles. The summed E-state index contributed by atoms with van der Waals surface area (Å²) in [6.07, 6.45) is 1.76. The number of hydrogen-bond donors (Lipinski definition) is 2. The van der Waals surface area contributed by atoms with Crippen molar-refractivity contribution < 1.29 is 8.42 Å². The molecule has 84 valence electrons. The number of nitrogens with one attached hydrogen (secondary N) is 1. The molecule has 0 aromatic carbocycles. The monoisotopic (exact) mass is 229 g/mol. The highest BCUT2D eigenvalue weighted by molar-refractivity contribution is 7.89. The van der Waals surface area contributed by atoms with Gasteiger partial charge >= 0.3 is 0 Å². The normalized spacial score (nSPS) is 11.6. The Kier molecular flexibility index (Phi) is 4.19. The van der Waals surface area contributed by atoms with Crippen LogP contribution < -0.4 is 10.5 Å². The smallest absolute Gasteiger partial charge is 0.210 e. The van der Waals surface area contributed by atoms with Crippen LogP contribution in [0, 0.1) is 6.92 Å². The van der Waals surface area contributed by atoms with Crippen LogP contribution in [-0.2, 0) is 16.6 Å². The fraction of sp³-hybridized carbons (Fsp3) is 0.444. The van der Waals surface area contributed by atoms with E-state index in [1.807, 2.05) is 19.1 Å². The molecule has 0 aliphatic carbocycles. The number of nitrogens with two attached hydrogens (primary N) is 1. The maximum atomic E-state index is 10.6. The molecular weight excluding hydrogens is 214 g/mol.